The molecule has 0 heterocycles. The van der Waals surface area contributed by atoms with Crippen molar-refractivity contribution in [2.45, 2.75) is 64.7 Å². The van der Waals surface area contributed by atoms with Crippen molar-refractivity contribution in [2.75, 3.05) is 6.61 Å². The summed E-state index contributed by atoms with van der Waals surface area (Å²) in [7, 11) is 0. The molecule has 0 unspecified atom stereocenters. The molecule has 1 aliphatic carbocycles. The van der Waals surface area contributed by atoms with Gasteiger partial charge in [-0.2, -0.15) is 0 Å². The van der Waals surface area contributed by atoms with Crippen molar-refractivity contribution in [1.82, 2.24) is 0 Å². The van der Waals surface area contributed by atoms with Crippen LogP contribution in [-0.2, 0) is 0 Å². The number of ketones is 2. The molecule has 0 saturated carbocycles. The van der Waals surface area contributed by atoms with Crippen molar-refractivity contribution >= 4 is 11.6 Å². The Morgan fingerprint density at radius 3 is 1.89 bits per heavy atom. The number of fused-ring (bicyclic) bond motifs is 2. The minimum Gasteiger partial charge on any atom is -0.493 e. The minimum absolute atomic E-state index is 0.0984. The summed E-state index contributed by atoms with van der Waals surface area (Å²) < 4.78 is 5.92. The van der Waals surface area contributed by atoms with Gasteiger partial charge in [-0.3, -0.25) is 9.59 Å². The molecule has 0 saturated heterocycles. The number of unbranched alkanes of at least 4 members (excludes halogenated alkanes) is 8. The summed E-state index contributed by atoms with van der Waals surface area (Å²) in [5, 5.41) is 0. The van der Waals surface area contributed by atoms with Crippen LogP contribution in [0, 0.1) is 0 Å². The highest BCUT2D eigenvalue weighted by Crippen LogP contribution is 2.33. The standard InChI is InChI=1S/C25H30O3/c1-2-3-4-5-6-7-8-9-12-18-28-22-17-13-16-21-23(22)25(27)20-15-11-10-14-19(20)24(21)26/h10-11,13-17H,2-9,12,18H2,1H3. The molecule has 0 atom stereocenters. The molecule has 2 aromatic rings. The minimum atomic E-state index is -0.118. The van der Waals surface area contributed by atoms with Crippen LogP contribution in [0.25, 0.3) is 0 Å². The number of carbonyl (C=O) groups is 2. The Balaban J connectivity index is 1.52. The molecule has 1 aliphatic rings. The molecule has 0 aromatic heterocycles. The number of benzene rings is 2. The van der Waals surface area contributed by atoms with E-state index in [0.717, 1.165) is 12.8 Å². The van der Waals surface area contributed by atoms with Gasteiger partial charge in [-0.1, -0.05) is 94.7 Å². The zero-order chi connectivity index (χ0) is 19.8. The summed E-state index contributed by atoms with van der Waals surface area (Å²) in [5.41, 5.74) is 1.82. The molecule has 0 radical (unpaired) electrons. The summed E-state index contributed by atoms with van der Waals surface area (Å²) in [4.78, 5) is 25.7. The van der Waals surface area contributed by atoms with Crippen molar-refractivity contribution in [3.8, 4) is 5.75 Å². The highest BCUT2D eigenvalue weighted by atomic mass is 16.5. The molecule has 28 heavy (non-hydrogen) atoms. The number of rotatable bonds is 11. The lowest BCUT2D eigenvalue weighted by atomic mass is 9.83. The van der Waals surface area contributed by atoms with E-state index in [0.29, 0.717) is 34.6 Å². The van der Waals surface area contributed by atoms with Crippen molar-refractivity contribution in [1.29, 1.82) is 0 Å². The van der Waals surface area contributed by atoms with E-state index in [-0.39, 0.29) is 11.6 Å². The van der Waals surface area contributed by atoms with Crippen LogP contribution < -0.4 is 4.74 Å². The lowest BCUT2D eigenvalue weighted by molar-refractivity contribution is 0.0975. The summed E-state index contributed by atoms with van der Waals surface area (Å²) in [5.74, 6) is 0.316. The van der Waals surface area contributed by atoms with E-state index in [1.807, 2.05) is 0 Å². The molecule has 3 rings (SSSR count). The maximum absolute atomic E-state index is 12.9. The van der Waals surface area contributed by atoms with Crippen LogP contribution >= 0.6 is 0 Å². The summed E-state index contributed by atoms with van der Waals surface area (Å²) in [6.45, 7) is 2.82. The first kappa shape index (κ1) is 20.3. The van der Waals surface area contributed by atoms with Gasteiger partial charge in [0.1, 0.15) is 5.75 Å². The van der Waals surface area contributed by atoms with E-state index in [2.05, 4.69) is 6.92 Å². The third-order valence-corrected chi connectivity index (χ3v) is 5.42. The SMILES string of the molecule is CCCCCCCCCCCOc1cccc2c1C(=O)c1ccccc1C2=O. The predicted octanol–water partition coefficient (Wildman–Crippen LogP) is 6.37. The third kappa shape index (κ3) is 4.70. The van der Waals surface area contributed by atoms with Crippen LogP contribution in [0.15, 0.2) is 42.5 Å². The van der Waals surface area contributed by atoms with Crippen LogP contribution in [0.5, 0.6) is 5.75 Å². The first-order valence-electron chi connectivity index (χ1n) is 10.7. The highest BCUT2D eigenvalue weighted by Gasteiger charge is 2.31. The molecule has 0 aliphatic heterocycles. The van der Waals surface area contributed by atoms with E-state index >= 15 is 0 Å². The van der Waals surface area contributed by atoms with Gasteiger partial charge in [-0.05, 0) is 12.5 Å². The Morgan fingerprint density at radius 1 is 0.643 bits per heavy atom. The maximum atomic E-state index is 12.9. The molecule has 3 heteroatoms. The Labute approximate surface area is 168 Å². The average Bonchev–Trinajstić information content (AvgIpc) is 2.73. The zero-order valence-electron chi connectivity index (χ0n) is 16.8. The second-order valence-corrected chi connectivity index (χ2v) is 7.56. The molecule has 2 aromatic carbocycles. The molecule has 0 bridgehead atoms. The number of ether oxygens (including phenoxy) is 1. The molecule has 0 fully saturated rings. The van der Waals surface area contributed by atoms with Crippen LogP contribution in [0.1, 0.15) is 96.6 Å². The quantitative estimate of drug-likeness (QED) is 0.364. The van der Waals surface area contributed by atoms with E-state index in [1.165, 1.54) is 44.9 Å². The second-order valence-electron chi connectivity index (χ2n) is 7.56. The third-order valence-electron chi connectivity index (χ3n) is 5.42. The Morgan fingerprint density at radius 2 is 1.21 bits per heavy atom. The Bertz CT molecular complexity index is 822. The maximum Gasteiger partial charge on any atom is 0.198 e. The van der Waals surface area contributed by atoms with E-state index in [9.17, 15) is 9.59 Å². The first-order chi connectivity index (χ1) is 13.7. The lowest BCUT2D eigenvalue weighted by Gasteiger charge is -2.20. The van der Waals surface area contributed by atoms with Gasteiger partial charge >= 0.3 is 0 Å². The predicted molar refractivity (Wildman–Crippen MR) is 112 cm³/mol. The van der Waals surface area contributed by atoms with E-state index in [4.69, 9.17) is 4.74 Å². The fourth-order valence-electron chi connectivity index (χ4n) is 3.83. The van der Waals surface area contributed by atoms with Crippen LogP contribution in [0.2, 0.25) is 0 Å². The first-order valence-corrected chi connectivity index (χ1v) is 10.7. The summed E-state index contributed by atoms with van der Waals surface area (Å²) >= 11 is 0. The zero-order valence-corrected chi connectivity index (χ0v) is 16.8. The van der Waals surface area contributed by atoms with Crippen LogP contribution in [0.4, 0.5) is 0 Å². The summed E-state index contributed by atoms with van der Waals surface area (Å²) in [6, 6.07) is 12.3. The van der Waals surface area contributed by atoms with Crippen molar-refractivity contribution < 1.29 is 14.3 Å². The summed E-state index contributed by atoms with van der Waals surface area (Å²) in [6.07, 6.45) is 11.3. The van der Waals surface area contributed by atoms with Crippen molar-refractivity contribution in [3.63, 3.8) is 0 Å². The number of carbonyl (C=O) groups excluding carboxylic acids is 2. The largest absolute Gasteiger partial charge is 0.493 e. The molecule has 148 valence electrons. The van der Waals surface area contributed by atoms with Crippen molar-refractivity contribution in [2.24, 2.45) is 0 Å². The van der Waals surface area contributed by atoms with Gasteiger partial charge < -0.3 is 4.74 Å². The van der Waals surface area contributed by atoms with Crippen LogP contribution in [-0.4, -0.2) is 18.2 Å². The van der Waals surface area contributed by atoms with E-state index in [1.54, 1.807) is 42.5 Å². The Hall–Kier alpha value is -2.42. The van der Waals surface area contributed by atoms with Gasteiger partial charge in [0.05, 0.1) is 12.2 Å². The molecule has 0 amide bonds. The molecule has 3 nitrogen and oxygen atoms in total. The fourth-order valence-corrected chi connectivity index (χ4v) is 3.83. The second kappa shape index (κ2) is 10.2. The molecule has 0 N–H and O–H groups in total. The van der Waals surface area contributed by atoms with Gasteiger partial charge in [0.15, 0.2) is 11.6 Å². The fraction of sp³-hybridized carbons (Fsp3) is 0.440. The number of hydrogen-bond donors (Lipinski definition) is 0. The van der Waals surface area contributed by atoms with Crippen molar-refractivity contribution in [3.05, 3.63) is 64.7 Å². The number of hydrogen-bond acceptors (Lipinski definition) is 3. The smallest absolute Gasteiger partial charge is 0.198 e. The molecular formula is C25H30O3. The van der Waals surface area contributed by atoms with E-state index < -0.39 is 0 Å². The monoisotopic (exact) mass is 378 g/mol. The van der Waals surface area contributed by atoms with Gasteiger partial charge in [-0.25, -0.2) is 0 Å². The van der Waals surface area contributed by atoms with Gasteiger partial charge in [-0.15, -0.1) is 0 Å². The van der Waals surface area contributed by atoms with Gasteiger partial charge in [0.2, 0.25) is 0 Å². The Kier molecular flexibility index (Phi) is 7.41. The molecular weight excluding hydrogens is 348 g/mol. The average molecular weight is 379 g/mol. The normalized spacial score (nSPS) is 12.6. The topological polar surface area (TPSA) is 43.4 Å². The van der Waals surface area contributed by atoms with Gasteiger partial charge in [0.25, 0.3) is 0 Å². The highest BCUT2D eigenvalue weighted by molar-refractivity contribution is 6.29. The lowest BCUT2D eigenvalue weighted by Crippen LogP contribution is -2.21. The molecule has 0 spiro atoms. The van der Waals surface area contributed by atoms with Crippen LogP contribution in [0.3, 0.4) is 0 Å². The van der Waals surface area contributed by atoms with Gasteiger partial charge in [0, 0.05) is 16.7 Å².